The number of aromatic nitrogens is 4. The Kier molecular flexibility index (Phi) is 6.93. The van der Waals surface area contributed by atoms with Crippen LogP contribution in [0.4, 0.5) is 4.39 Å². The molecular formula is C34H25FN4OS2. The number of para-hydroxylation sites is 1. The molecule has 0 fully saturated rings. The summed E-state index contributed by atoms with van der Waals surface area (Å²) in [7, 11) is 0. The number of thioether (sulfide) groups is 2. The molecule has 206 valence electrons. The second-order valence-corrected chi connectivity index (χ2v) is 11.4. The minimum Gasteiger partial charge on any atom is -0.457 e. The van der Waals surface area contributed by atoms with E-state index in [4.69, 9.17) is 4.74 Å². The predicted molar refractivity (Wildman–Crippen MR) is 171 cm³/mol. The molecule has 0 N–H and O–H groups in total. The molecule has 0 amide bonds. The molecule has 4 aromatic carbocycles. The molecule has 3 heterocycles. The van der Waals surface area contributed by atoms with Crippen LogP contribution in [0.25, 0.3) is 44.4 Å². The van der Waals surface area contributed by atoms with Gasteiger partial charge in [0.25, 0.3) is 0 Å². The van der Waals surface area contributed by atoms with E-state index in [1.807, 2.05) is 76.1 Å². The number of hydrogen-bond acceptors (Lipinski definition) is 5. The van der Waals surface area contributed by atoms with Gasteiger partial charge in [0.05, 0.1) is 22.9 Å². The number of pyridine rings is 1. The Hall–Kier alpha value is -4.53. The smallest absolute Gasteiger partial charge is 0.140 e. The Morgan fingerprint density at radius 1 is 0.738 bits per heavy atom. The van der Waals surface area contributed by atoms with Gasteiger partial charge in [0, 0.05) is 62.3 Å². The molecule has 0 unspecified atom stereocenters. The summed E-state index contributed by atoms with van der Waals surface area (Å²) in [4.78, 5) is 6.90. The zero-order valence-electron chi connectivity index (χ0n) is 22.9. The molecule has 0 bridgehead atoms. The van der Waals surface area contributed by atoms with E-state index in [0.717, 1.165) is 33.1 Å². The van der Waals surface area contributed by atoms with Gasteiger partial charge in [-0.05, 0) is 61.0 Å². The van der Waals surface area contributed by atoms with Crippen molar-refractivity contribution in [3.63, 3.8) is 0 Å². The molecule has 0 aliphatic heterocycles. The summed E-state index contributed by atoms with van der Waals surface area (Å²) < 4.78 is 24.4. The van der Waals surface area contributed by atoms with Crippen LogP contribution in [0, 0.1) is 5.82 Å². The summed E-state index contributed by atoms with van der Waals surface area (Å²) >= 11 is 3.47. The van der Waals surface area contributed by atoms with Crippen LogP contribution < -0.4 is 4.74 Å². The van der Waals surface area contributed by atoms with Crippen molar-refractivity contribution in [2.45, 2.75) is 9.79 Å². The molecule has 8 heteroatoms. The fourth-order valence-corrected chi connectivity index (χ4v) is 6.69. The molecule has 0 radical (unpaired) electrons. The van der Waals surface area contributed by atoms with Crippen molar-refractivity contribution >= 4 is 45.3 Å². The van der Waals surface area contributed by atoms with Crippen molar-refractivity contribution in [3.05, 3.63) is 121 Å². The Labute approximate surface area is 251 Å². The summed E-state index contributed by atoms with van der Waals surface area (Å²) in [5.41, 5.74) is 5.00. The molecular weight excluding hydrogens is 564 g/mol. The molecule has 0 aliphatic carbocycles. The van der Waals surface area contributed by atoms with Crippen LogP contribution in [-0.4, -0.2) is 31.8 Å². The van der Waals surface area contributed by atoms with Gasteiger partial charge in [-0.15, -0.1) is 23.5 Å². The summed E-state index contributed by atoms with van der Waals surface area (Å²) in [5.74, 6) is 1.53. The van der Waals surface area contributed by atoms with Crippen LogP contribution in [0.5, 0.6) is 11.5 Å². The average Bonchev–Trinajstić information content (AvgIpc) is 3.64. The van der Waals surface area contributed by atoms with E-state index in [1.54, 1.807) is 23.5 Å². The van der Waals surface area contributed by atoms with Gasteiger partial charge in [0.1, 0.15) is 23.1 Å². The fraction of sp³-hybridized carbons (Fsp3) is 0.0588. The van der Waals surface area contributed by atoms with Gasteiger partial charge < -0.3 is 4.74 Å². The highest BCUT2D eigenvalue weighted by Gasteiger charge is 2.16. The molecule has 7 aromatic rings. The van der Waals surface area contributed by atoms with Crippen LogP contribution in [0.1, 0.15) is 0 Å². The maximum absolute atomic E-state index is 14.2. The molecule has 7 rings (SSSR count). The van der Waals surface area contributed by atoms with E-state index >= 15 is 0 Å². The quantitative estimate of drug-likeness (QED) is 0.174. The van der Waals surface area contributed by atoms with Gasteiger partial charge in [0.15, 0.2) is 0 Å². The number of hydrogen-bond donors (Lipinski definition) is 0. The second kappa shape index (κ2) is 11.0. The van der Waals surface area contributed by atoms with Gasteiger partial charge >= 0.3 is 0 Å². The van der Waals surface area contributed by atoms with Crippen LogP contribution in [0.3, 0.4) is 0 Å². The summed E-state index contributed by atoms with van der Waals surface area (Å²) in [6.45, 7) is 0. The van der Waals surface area contributed by atoms with Gasteiger partial charge in [-0.25, -0.2) is 14.1 Å². The first-order valence-electron chi connectivity index (χ1n) is 13.3. The highest BCUT2D eigenvalue weighted by atomic mass is 32.2. The first-order valence-corrected chi connectivity index (χ1v) is 15.8. The first kappa shape index (κ1) is 26.4. The number of halogens is 1. The number of fused-ring (bicyclic) bond motifs is 3. The Bertz CT molecular complexity index is 2060. The highest BCUT2D eigenvalue weighted by Crippen LogP contribution is 2.38. The van der Waals surface area contributed by atoms with E-state index in [1.165, 1.54) is 33.7 Å². The topological polar surface area (TPSA) is 44.9 Å². The van der Waals surface area contributed by atoms with Crippen molar-refractivity contribution in [1.82, 2.24) is 19.3 Å². The SMILES string of the molecule is CSc1cccc(SC)c1-c1cnn(-c2cccc(Oc3ccc4c5ccccc5n(-c5cc(F)ccn5)c4c3)c2)c1. The molecule has 0 atom stereocenters. The summed E-state index contributed by atoms with van der Waals surface area (Å²) in [6.07, 6.45) is 9.65. The number of benzene rings is 4. The van der Waals surface area contributed by atoms with E-state index in [0.29, 0.717) is 17.3 Å². The third-order valence-corrected chi connectivity index (χ3v) is 8.76. The molecule has 0 spiro atoms. The van der Waals surface area contributed by atoms with Gasteiger partial charge in [-0.2, -0.15) is 5.10 Å². The lowest BCUT2D eigenvalue weighted by Crippen LogP contribution is -1.98. The molecule has 0 saturated carbocycles. The zero-order valence-corrected chi connectivity index (χ0v) is 24.5. The largest absolute Gasteiger partial charge is 0.457 e. The van der Waals surface area contributed by atoms with Gasteiger partial charge in [-0.1, -0.05) is 30.3 Å². The summed E-state index contributed by atoms with van der Waals surface area (Å²) in [6, 6.07) is 31.1. The zero-order chi connectivity index (χ0) is 28.6. The lowest BCUT2D eigenvalue weighted by atomic mass is 10.1. The van der Waals surface area contributed by atoms with E-state index < -0.39 is 0 Å². The van der Waals surface area contributed by atoms with Crippen molar-refractivity contribution in [2.24, 2.45) is 0 Å². The van der Waals surface area contributed by atoms with E-state index in [2.05, 4.69) is 53.1 Å². The van der Waals surface area contributed by atoms with E-state index in [-0.39, 0.29) is 5.82 Å². The highest BCUT2D eigenvalue weighted by molar-refractivity contribution is 7.99. The van der Waals surface area contributed by atoms with Crippen molar-refractivity contribution in [1.29, 1.82) is 0 Å². The van der Waals surface area contributed by atoms with Crippen molar-refractivity contribution < 1.29 is 9.13 Å². The Morgan fingerprint density at radius 3 is 2.31 bits per heavy atom. The molecule has 5 nitrogen and oxygen atoms in total. The maximum Gasteiger partial charge on any atom is 0.140 e. The minimum absolute atomic E-state index is 0.335. The number of rotatable bonds is 7. The first-order chi connectivity index (χ1) is 20.6. The molecule has 0 saturated heterocycles. The van der Waals surface area contributed by atoms with Crippen molar-refractivity contribution in [3.8, 4) is 34.1 Å². The standard InChI is InChI=1S/C34H25FN4OS2/c1-41-31-11-6-12-32(42-2)34(31)22-20-37-38(21-22)24-7-5-8-25(18-24)40-26-13-14-28-27-9-3-4-10-29(27)39(30(28)19-26)33-17-23(35)15-16-36-33/h3-21H,1-2H3. The average molecular weight is 589 g/mol. The maximum atomic E-state index is 14.2. The van der Waals surface area contributed by atoms with Crippen LogP contribution in [-0.2, 0) is 0 Å². The Balaban J connectivity index is 1.25. The summed E-state index contributed by atoms with van der Waals surface area (Å²) in [5, 5.41) is 6.78. The van der Waals surface area contributed by atoms with Gasteiger partial charge in [-0.3, -0.25) is 4.57 Å². The minimum atomic E-state index is -0.335. The molecule has 3 aromatic heterocycles. The lowest BCUT2D eigenvalue weighted by Gasteiger charge is -2.11. The van der Waals surface area contributed by atoms with Crippen molar-refractivity contribution in [2.75, 3.05) is 12.5 Å². The lowest BCUT2D eigenvalue weighted by molar-refractivity contribution is 0.483. The molecule has 0 aliphatic rings. The normalized spacial score (nSPS) is 11.4. The fourth-order valence-electron chi connectivity index (χ4n) is 5.33. The van der Waals surface area contributed by atoms with Crippen LogP contribution in [0.2, 0.25) is 0 Å². The van der Waals surface area contributed by atoms with E-state index in [9.17, 15) is 4.39 Å². The van der Waals surface area contributed by atoms with Crippen LogP contribution in [0.15, 0.2) is 125 Å². The van der Waals surface area contributed by atoms with Gasteiger partial charge in [0.2, 0.25) is 0 Å². The second-order valence-electron chi connectivity index (χ2n) is 9.67. The Morgan fingerprint density at radius 2 is 1.50 bits per heavy atom. The third kappa shape index (κ3) is 4.72. The molecule has 42 heavy (non-hydrogen) atoms. The predicted octanol–water partition coefficient (Wildman–Crippen LogP) is 9.41. The van der Waals surface area contributed by atoms with Crippen LogP contribution >= 0.6 is 23.5 Å². The number of ether oxygens (including phenoxy) is 1. The monoisotopic (exact) mass is 588 g/mol. The number of nitrogens with zero attached hydrogens (tertiary/aromatic N) is 4. The third-order valence-electron chi connectivity index (χ3n) is 7.20.